The van der Waals surface area contributed by atoms with Crippen LogP contribution in [0, 0.1) is 11.3 Å². The maximum absolute atomic E-state index is 11.9. The SMILES string of the molecule is CCOC(=O)CC(NC(=O)CN)c1cc(C#N)cc(C(C)(C)C)c1.Cl. The number of ether oxygens (including phenoxy) is 1. The number of hydrogen-bond acceptors (Lipinski definition) is 5. The first kappa shape index (κ1) is 22.9. The number of esters is 1. The highest BCUT2D eigenvalue weighted by molar-refractivity contribution is 5.85. The van der Waals surface area contributed by atoms with Crippen LogP contribution in [0.5, 0.6) is 0 Å². The number of carbonyl (C=O) groups excluding carboxylic acids is 2. The summed E-state index contributed by atoms with van der Waals surface area (Å²) in [6.45, 7) is 7.91. The summed E-state index contributed by atoms with van der Waals surface area (Å²) in [5, 5.41) is 12.0. The number of nitrogens with zero attached hydrogens (tertiary/aromatic N) is 1. The van der Waals surface area contributed by atoms with Gasteiger partial charge < -0.3 is 15.8 Å². The second kappa shape index (κ2) is 10.0. The molecule has 0 saturated carbocycles. The van der Waals surface area contributed by atoms with Gasteiger partial charge in [-0.15, -0.1) is 12.4 Å². The summed E-state index contributed by atoms with van der Waals surface area (Å²) in [6.07, 6.45) is -0.0158. The second-order valence-corrected chi connectivity index (χ2v) is 6.54. The monoisotopic (exact) mass is 367 g/mol. The zero-order chi connectivity index (χ0) is 18.3. The van der Waals surface area contributed by atoms with Gasteiger partial charge >= 0.3 is 5.97 Å². The summed E-state index contributed by atoms with van der Waals surface area (Å²) >= 11 is 0. The van der Waals surface area contributed by atoms with Crippen LogP contribution in [0.2, 0.25) is 0 Å². The first-order valence-electron chi connectivity index (χ1n) is 7.91. The fourth-order valence-electron chi connectivity index (χ4n) is 2.24. The Hall–Kier alpha value is -2.10. The van der Waals surface area contributed by atoms with Gasteiger partial charge in [-0.1, -0.05) is 26.8 Å². The first-order chi connectivity index (χ1) is 11.2. The van der Waals surface area contributed by atoms with Gasteiger partial charge in [0.25, 0.3) is 0 Å². The van der Waals surface area contributed by atoms with E-state index in [4.69, 9.17) is 10.5 Å². The molecule has 0 aliphatic carbocycles. The maximum atomic E-state index is 11.9. The van der Waals surface area contributed by atoms with E-state index in [1.807, 2.05) is 32.9 Å². The molecule has 1 rings (SSSR count). The number of halogens is 1. The van der Waals surface area contributed by atoms with Gasteiger partial charge in [0.05, 0.1) is 37.2 Å². The van der Waals surface area contributed by atoms with Crippen LogP contribution in [0.1, 0.15) is 56.8 Å². The molecule has 1 unspecified atom stereocenters. The van der Waals surface area contributed by atoms with E-state index in [0.29, 0.717) is 11.1 Å². The molecule has 6 nitrogen and oxygen atoms in total. The van der Waals surface area contributed by atoms with Crippen LogP contribution in [0.15, 0.2) is 18.2 Å². The number of benzene rings is 1. The molecule has 0 aliphatic heterocycles. The number of nitrogens with one attached hydrogen (secondary N) is 1. The number of hydrogen-bond donors (Lipinski definition) is 2. The quantitative estimate of drug-likeness (QED) is 0.751. The molecule has 1 amide bonds. The number of amides is 1. The van der Waals surface area contributed by atoms with Crippen LogP contribution in [0.4, 0.5) is 0 Å². The minimum Gasteiger partial charge on any atom is -0.466 e. The highest BCUT2D eigenvalue weighted by Crippen LogP contribution is 2.28. The predicted octanol–water partition coefficient (Wildman–Crippen LogP) is 2.35. The molecule has 138 valence electrons. The van der Waals surface area contributed by atoms with Crippen molar-refractivity contribution in [1.82, 2.24) is 5.32 Å². The van der Waals surface area contributed by atoms with E-state index in [1.165, 1.54) is 0 Å². The number of nitriles is 1. The predicted molar refractivity (Wildman–Crippen MR) is 98.3 cm³/mol. The fourth-order valence-corrected chi connectivity index (χ4v) is 2.24. The lowest BCUT2D eigenvalue weighted by Gasteiger charge is -2.24. The third kappa shape index (κ3) is 7.12. The largest absolute Gasteiger partial charge is 0.466 e. The Labute approximate surface area is 155 Å². The summed E-state index contributed by atoms with van der Waals surface area (Å²) in [5.74, 6) is -0.788. The van der Waals surface area contributed by atoms with Gasteiger partial charge in [0.2, 0.25) is 5.91 Å². The van der Waals surface area contributed by atoms with E-state index >= 15 is 0 Å². The molecule has 25 heavy (non-hydrogen) atoms. The van der Waals surface area contributed by atoms with Gasteiger partial charge in [-0.25, -0.2) is 0 Å². The van der Waals surface area contributed by atoms with Crippen molar-refractivity contribution >= 4 is 24.3 Å². The number of carbonyl (C=O) groups is 2. The van der Waals surface area contributed by atoms with E-state index in [1.54, 1.807) is 13.0 Å². The third-order valence-electron chi connectivity index (χ3n) is 3.55. The van der Waals surface area contributed by atoms with Crippen LogP contribution in [-0.2, 0) is 19.7 Å². The molecule has 1 atom stereocenters. The lowest BCUT2D eigenvalue weighted by Crippen LogP contribution is -2.35. The van der Waals surface area contributed by atoms with E-state index < -0.39 is 12.0 Å². The van der Waals surface area contributed by atoms with Gasteiger partial charge in [0.1, 0.15) is 0 Å². The Kier molecular flexibility index (Phi) is 9.18. The zero-order valence-corrected chi connectivity index (χ0v) is 15.9. The molecular weight excluding hydrogens is 342 g/mol. The van der Waals surface area contributed by atoms with Crippen LogP contribution >= 0.6 is 12.4 Å². The molecule has 0 spiro atoms. The van der Waals surface area contributed by atoms with Crippen LogP contribution in [-0.4, -0.2) is 25.0 Å². The highest BCUT2D eigenvalue weighted by Gasteiger charge is 2.22. The molecule has 1 aromatic rings. The summed E-state index contributed by atoms with van der Waals surface area (Å²) in [6, 6.07) is 6.93. The summed E-state index contributed by atoms with van der Waals surface area (Å²) in [7, 11) is 0. The van der Waals surface area contributed by atoms with Gasteiger partial charge in [-0.2, -0.15) is 5.26 Å². The van der Waals surface area contributed by atoms with Crippen molar-refractivity contribution in [3.63, 3.8) is 0 Å². The van der Waals surface area contributed by atoms with E-state index in [2.05, 4.69) is 11.4 Å². The fraction of sp³-hybridized carbons (Fsp3) is 0.500. The summed E-state index contributed by atoms with van der Waals surface area (Å²) in [5.41, 5.74) is 7.31. The molecule has 0 aromatic heterocycles. The number of nitrogens with two attached hydrogens (primary N) is 1. The van der Waals surface area contributed by atoms with E-state index in [9.17, 15) is 14.9 Å². The van der Waals surface area contributed by atoms with Gasteiger partial charge in [0.15, 0.2) is 0 Å². The average molecular weight is 368 g/mol. The Morgan fingerprint density at radius 3 is 2.44 bits per heavy atom. The Morgan fingerprint density at radius 2 is 1.96 bits per heavy atom. The van der Waals surface area contributed by atoms with E-state index in [0.717, 1.165) is 5.56 Å². The third-order valence-corrected chi connectivity index (χ3v) is 3.55. The standard InChI is InChI=1S/C18H25N3O3.ClH/c1-5-24-17(23)9-15(21-16(22)11-20)13-6-12(10-19)7-14(8-13)18(2,3)4;/h6-8,15H,5,9,11,20H2,1-4H3,(H,21,22);1H. The smallest absolute Gasteiger partial charge is 0.308 e. The molecule has 0 radical (unpaired) electrons. The van der Waals surface area contributed by atoms with Crippen molar-refractivity contribution in [1.29, 1.82) is 5.26 Å². The van der Waals surface area contributed by atoms with Crippen molar-refractivity contribution in [3.05, 3.63) is 34.9 Å². The average Bonchev–Trinajstić information content (AvgIpc) is 2.52. The van der Waals surface area contributed by atoms with Gasteiger partial charge in [-0.3, -0.25) is 9.59 Å². The Bertz CT molecular complexity index is 648. The molecule has 1 aromatic carbocycles. The molecule has 0 fully saturated rings. The van der Waals surface area contributed by atoms with Crippen molar-refractivity contribution < 1.29 is 14.3 Å². The van der Waals surface area contributed by atoms with Crippen molar-refractivity contribution in [2.75, 3.05) is 13.2 Å². The van der Waals surface area contributed by atoms with E-state index in [-0.39, 0.29) is 43.3 Å². The lowest BCUT2D eigenvalue weighted by atomic mass is 9.84. The first-order valence-corrected chi connectivity index (χ1v) is 7.91. The van der Waals surface area contributed by atoms with Crippen LogP contribution in [0.3, 0.4) is 0 Å². The summed E-state index contributed by atoms with van der Waals surface area (Å²) < 4.78 is 4.98. The zero-order valence-electron chi connectivity index (χ0n) is 15.1. The lowest BCUT2D eigenvalue weighted by molar-refractivity contribution is -0.143. The van der Waals surface area contributed by atoms with Crippen molar-refractivity contribution in [2.24, 2.45) is 5.73 Å². The van der Waals surface area contributed by atoms with Crippen LogP contribution in [0.25, 0.3) is 0 Å². The Morgan fingerprint density at radius 1 is 1.32 bits per heavy atom. The highest BCUT2D eigenvalue weighted by atomic mass is 35.5. The molecular formula is C18H26ClN3O3. The maximum Gasteiger partial charge on any atom is 0.308 e. The normalized spacial score (nSPS) is 11.7. The second-order valence-electron chi connectivity index (χ2n) is 6.54. The minimum atomic E-state index is -0.588. The van der Waals surface area contributed by atoms with Crippen molar-refractivity contribution in [2.45, 2.75) is 45.6 Å². The van der Waals surface area contributed by atoms with Crippen LogP contribution < -0.4 is 11.1 Å². The molecule has 3 N–H and O–H groups in total. The topological polar surface area (TPSA) is 105 Å². The Balaban J connectivity index is 0.00000576. The molecule has 0 heterocycles. The molecule has 0 bridgehead atoms. The van der Waals surface area contributed by atoms with Gasteiger partial charge in [0, 0.05) is 0 Å². The van der Waals surface area contributed by atoms with Gasteiger partial charge in [-0.05, 0) is 35.6 Å². The minimum absolute atomic E-state index is 0. The van der Waals surface area contributed by atoms with Crippen molar-refractivity contribution in [3.8, 4) is 6.07 Å². The summed E-state index contributed by atoms with van der Waals surface area (Å²) in [4.78, 5) is 23.6. The number of rotatable bonds is 6. The molecule has 0 saturated heterocycles. The molecule has 7 heteroatoms. The molecule has 0 aliphatic rings.